The molecule has 0 bridgehead atoms. The van der Waals surface area contributed by atoms with Crippen LogP contribution in [0.25, 0.3) is 6.08 Å². The number of fused-ring (bicyclic) bond motifs is 1. The molecule has 0 atom stereocenters. The highest BCUT2D eigenvalue weighted by molar-refractivity contribution is 5.58. The fourth-order valence-corrected chi connectivity index (χ4v) is 1.06. The van der Waals surface area contributed by atoms with Gasteiger partial charge in [0.25, 0.3) is 5.09 Å². The number of nitrogens with zero attached hydrogens (tertiary/aromatic N) is 1. The molecule has 0 aliphatic carbocycles. The van der Waals surface area contributed by atoms with Crippen molar-refractivity contribution in [2.24, 2.45) is 0 Å². The SMILES string of the molecule is C1=Cc2ccccc2OC1.O=[N+]([O-])O. The lowest BCUT2D eigenvalue weighted by Gasteiger charge is -2.10. The highest BCUT2D eigenvalue weighted by atomic mass is 16.9. The molecule has 0 saturated heterocycles. The zero-order valence-electron chi connectivity index (χ0n) is 7.29. The van der Waals surface area contributed by atoms with Crippen molar-refractivity contribution in [1.29, 1.82) is 0 Å². The number of hydrogen-bond acceptors (Lipinski definition) is 3. The summed E-state index contributed by atoms with van der Waals surface area (Å²) in [6, 6.07) is 8.03. The van der Waals surface area contributed by atoms with E-state index in [1.807, 2.05) is 30.3 Å². The fraction of sp³-hybridized carbons (Fsp3) is 0.111. The van der Waals surface area contributed by atoms with E-state index in [2.05, 4.69) is 6.08 Å². The Labute approximate surface area is 80.4 Å². The molecule has 5 nitrogen and oxygen atoms in total. The predicted molar refractivity (Wildman–Crippen MR) is 49.8 cm³/mol. The molecule has 1 heterocycles. The Morgan fingerprint density at radius 2 is 2.07 bits per heavy atom. The van der Waals surface area contributed by atoms with Gasteiger partial charge >= 0.3 is 0 Å². The summed E-state index contributed by atoms with van der Waals surface area (Å²) in [6.07, 6.45) is 4.10. The minimum absolute atomic E-state index is 0.705. The van der Waals surface area contributed by atoms with Crippen LogP contribution in [-0.4, -0.2) is 16.9 Å². The Morgan fingerprint density at radius 3 is 2.71 bits per heavy atom. The summed E-state index contributed by atoms with van der Waals surface area (Å²) >= 11 is 0. The number of ether oxygens (including phenoxy) is 1. The predicted octanol–water partition coefficient (Wildman–Crippen LogP) is 1.74. The Bertz CT molecular complexity index is 344. The molecule has 14 heavy (non-hydrogen) atoms. The van der Waals surface area contributed by atoms with Crippen LogP contribution in [0.3, 0.4) is 0 Å². The summed E-state index contributed by atoms with van der Waals surface area (Å²) < 4.78 is 5.34. The van der Waals surface area contributed by atoms with Crippen molar-refractivity contribution in [2.45, 2.75) is 0 Å². The van der Waals surface area contributed by atoms with Gasteiger partial charge in [-0.2, -0.15) is 0 Å². The molecular formula is C9H9NO4. The standard InChI is InChI=1S/C9H8O.HNO3/c1-2-6-9-8(4-1)5-3-7-10-9;2-1(3)4/h1-6H,7H2;(H,2,3,4). The maximum absolute atomic E-state index is 8.36. The molecule has 0 fully saturated rings. The lowest BCUT2D eigenvalue weighted by molar-refractivity contribution is -0.742. The average molecular weight is 195 g/mol. The van der Waals surface area contributed by atoms with Crippen LogP contribution in [0.5, 0.6) is 5.75 Å². The maximum atomic E-state index is 8.36. The van der Waals surface area contributed by atoms with E-state index in [-0.39, 0.29) is 0 Å². The van der Waals surface area contributed by atoms with E-state index in [1.54, 1.807) is 0 Å². The Balaban J connectivity index is 0.000000213. The van der Waals surface area contributed by atoms with E-state index in [1.165, 1.54) is 5.56 Å². The van der Waals surface area contributed by atoms with Gasteiger partial charge in [-0.05, 0) is 12.1 Å². The summed E-state index contributed by atoms with van der Waals surface area (Å²) in [4.78, 5) is 8.36. The molecule has 0 unspecified atom stereocenters. The molecule has 1 N–H and O–H groups in total. The Kier molecular flexibility index (Phi) is 3.49. The molecule has 0 aromatic heterocycles. The van der Waals surface area contributed by atoms with E-state index >= 15 is 0 Å². The topological polar surface area (TPSA) is 72.6 Å². The number of hydrogen-bond donors (Lipinski definition) is 1. The minimum Gasteiger partial charge on any atom is -0.489 e. The largest absolute Gasteiger partial charge is 0.489 e. The molecule has 1 aromatic rings. The summed E-state index contributed by atoms with van der Waals surface area (Å²) in [5, 5.41) is 13.6. The zero-order chi connectivity index (χ0) is 10.4. The van der Waals surface area contributed by atoms with E-state index in [0.717, 1.165) is 5.75 Å². The van der Waals surface area contributed by atoms with Gasteiger partial charge in [-0.3, -0.25) is 0 Å². The second-order valence-corrected chi connectivity index (χ2v) is 2.49. The first-order chi connectivity index (χ1) is 6.70. The second-order valence-electron chi connectivity index (χ2n) is 2.49. The van der Waals surface area contributed by atoms with Crippen molar-refractivity contribution >= 4 is 6.08 Å². The van der Waals surface area contributed by atoms with E-state index in [0.29, 0.717) is 6.61 Å². The molecule has 0 radical (unpaired) electrons. The van der Waals surface area contributed by atoms with Crippen LogP contribution in [0.15, 0.2) is 30.3 Å². The average Bonchev–Trinajstić information content (AvgIpc) is 2.17. The molecular weight excluding hydrogens is 186 g/mol. The lowest BCUT2D eigenvalue weighted by atomic mass is 10.1. The molecule has 74 valence electrons. The van der Waals surface area contributed by atoms with Gasteiger partial charge in [0, 0.05) is 5.56 Å². The maximum Gasteiger partial charge on any atom is 0.291 e. The first kappa shape index (κ1) is 10.0. The summed E-state index contributed by atoms with van der Waals surface area (Å²) in [5.41, 5.74) is 1.17. The number of rotatable bonds is 0. The second kappa shape index (κ2) is 4.86. The third-order valence-electron chi connectivity index (χ3n) is 1.55. The zero-order valence-corrected chi connectivity index (χ0v) is 7.29. The molecule has 5 heteroatoms. The monoisotopic (exact) mass is 195 g/mol. The van der Waals surface area contributed by atoms with E-state index in [4.69, 9.17) is 20.1 Å². The van der Waals surface area contributed by atoms with E-state index in [9.17, 15) is 0 Å². The van der Waals surface area contributed by atoms with Gasteiger partial charge in [-0.1, -0.05) is 24.3 Å². The van der Waals surface area contributed by atoms with Crippen molar-refractivity contribution in [1.82, 2.24) is 0 Å². The molecule has 1 aliphatic rings. The first-order valence-electron chi connectivity index (χ1n) is 3.92. The minimum atomic E-state index is -1.50. The van der Waals surface area contributed by atoms with Crippen LogP contribution in [0, 0.1) is 10.1 Å². The third kappa shape index (κ3) is 3.14. The molecule has 0 spiro atoms. The first-order valence-corrected chi connectivity index (χ1v) is 3.92. The van der Waals surface area contributed by atoms with Crippen molar-refractivity contribution in [3.63, 3.8) is 0 Å². The van der Waals surface area contributed by atoms with Crippen LogP contribution in [0.4, 0.5) is 0 Å². The van der Waals surface area contributed by atoms with Crippen LogP contribution in [-0.2, 0) is 0 Å². The normalized spacial score (nSPS) is 11.7. The quantitative estimate of drug-likeness (QED) is 0.505. The summed E-state index contributed by atoms with van der Waals surface area (Å²) in [5.74, 6) is 0.991. The van der Waals surface area contributed by atoms with Crippen molar-refractivity contribution in [2.75, 3.05) is 6.61 Å². The van der Waals surface area contributed by atoms with Crippen molar-refractivity contribution in [3.8, 4) is 5.75 Å². The Morgan fingerprint density at radius 1 is 1.43 bits per heavy atom. The molecule has 2 rings (SSSR count). The van der Waals surface area contributed by atoms with Crippen LogP contribution >= 0.6 is 0 Å². The molecule has 0 saturated carbocycles. The number of para-hydroxylation sites is 1. The van der Waals surface area contributed by atoms with Gasteiger partial charge in [0.05, 0.1) is 0 Å². The van der Waals surface area contributed by atoms with Gasteiger partial charge in [0.15, 0.2) is 0 Å². The van der Waals surface area contributed by atoms with Gasteiger partial charge in [-0.25, -0.2) is 0 Å². The van der Waals surface area contributed by atoms with Gasteiger partial charge in [0.2, 0.25) is 0 Å². The van der Waals surface area contributed by atoms with Gasteiger partial charge in [-0.15, -0.1) is 10.1 Å². The fourth-order valence-electron chi connectivity index (χ4n) is 1.06. The van der Waals surface area contributed by atoms with Crippen molar-refractivity contribution in [3.05, 3.63) is 46.0 Å². The smallest absolute Gasteiger partial charge is 0.291 e. The van der Waals surface area contributed by atoms with Crippen LogP contribution in [0.1, 0.15) is 5.56 Å². The van der Waals surface area contributed by atoms with Crippen LogP contribution in [0.2, 0.25) is 0 Å². The molecule has 1 aliphatic heterocycles. The molecule has 1 aromatic carbocycles. The summed E-state index contributed by atoms with van der Waals surface area (Å²) in [6.45, 7) is 0.705. The van der Waals surface area contributed by atoms with Gasteiger partial charge in [0.1, 0.15) is 12.4 Å². The Hall–Kier alpha value is -2.04. The summed E-state index contributed by atoms with van der Waals surface area (Å²) in [7, 11) is 0. The lowest BCUT2D eigenvalue weighted by Crippen LogP contribution is -1.98. The van der Waals surface area contributed by atoms with E-state index < -0.39 is 5.09 Å². The highest BCUT2D eigenvalue weighted by Gasteiger charge is 2.01. The van der Waals surface area contributed by atoms with Crippen LogP contribution < -0.4 is 4.74 Å². The number of benzene rings is 1. The van der Waals surface area contributed by atoms with Gasteiger partial charge < -0.3 is 9.94 Å². The highest BCUT2D eigenvalue weighted by Crippen LogP contribution is 2.21. The third-order valence-corrected chi connectivity index (χ3v) is 1.55. The van der Waals surface area contributed by atoms with Crippen molar-refractivity contribution < 1.29 is 15.0 Å². The molecule has 0 amide bonds.